The molecule has 2 saturated heterocycles. The second kappa shape index (κ2) is 8.04. The Morgan fingerprint density at radius 2 is 2.09 bits per heavy atom. The summed E-state index contributed by atoms with van der Waals surface area (Å²) in [5.41, 5.74) is 0. The van der Waals surface area contributed by atoms with Crippen LogP contribution in [0.4, 0.5) is 5.82 Å². The maximum Gasteiger partial charge on any atom is 0.150 e. The van der Waals surface area contributed by atoms with E-state index in [0.29, 0.717) is 18.6 Å². The molecular formula is C17H28N4O2. The van der Waals surface area contributed by atoms with Crippen molar-refractivity contribution in [3.8, 4) is 0 Å². The van der Waals surface area contributed by atoms with Crippen molar-refractivity contribution < 1.29 is 9.47 Å². The van der Waals surface area contributed by atoms with E-state index in [-0.39, 0.29) is 6.04 Å². The lowest BCUT2D eigenvalue weighted by Crippen LogP contribution is -2.43. The van der Waals surface area contributed by atoms with Gasteiger partial charge in [0.2, 0.25) is 0 Å². The molecule has 2 aliphatic heterocycles. The van der Waals surface area contributed by atoms with Gasteiger partial charge >= 0.3 is 0 Å². The molecule has 1 N–H and O–H groups in total. The Morgan fingerprint density at radius 3 is 2.87 bits per heavy atom. The zero-order chi connectivity index (χ0) is 16.1. The molecule has 0 radical (unpaired) electrons. The van der Waals surface area contributed by atoms with Crippen LogP contribution in [-0.4, -0.2) is 60.4 Å². The molecule has 1 atom stereocenters. The Morgan fingerprint density at radius 1 is 1.26 bits per heavy atom. The van der Waals surface area contributed by atoms with Gasteiger partial charge in [-0.3, -0.25) is 4.90 Å². The number of hydrogen-bond donors (Lipinski definition) is 1. The lowest BCUT2D eigenvalue weighted by molar-refractivity contribution is -0.0295. The van der Waals surface area contributed by atoms with Crippen LogP contribution >= 0.6 is 0 Å². The maximum absolute atomic E-state index is 5.71. The van der Waals surface area contributed by atoms with Crippen LogP contribution in [0.3, 0.4) is 0 Å². The third kappa shape index (κ3) is 4.62. The number of ether oxygens (including phenoxy) is 2. The van der Waals surface area contributed by atoms with Crippen LogP contribution < -0.4 is 5.32 Å². The van der Waals surface area contributed by atoms with Crippen LogP contribution in [0.2, 0.25) is 0 Å². The Labute approximate surface area is 138 Å². The van der Waals surface area contributed by atoms with Crippen molar-refractivity contribution in [1.82, 2.24) is 14.9 Å². The fourth-order valence-electron chi connectivity index (χ4n) is 3.27. The minimum Gasteiger partial charge on any atom is -0.381 e. The van der Waals surface area contributed by atoms with E-state index in [0.717, 1.165) is 57.4 Å². The van der Waals surface area contributed by atoms with Gasteiger partial charge in [0, 0.05) is 38.5 Å². The van der Waals surface area contributed by atoms with E-state index in [9.17, 15) is 0 Å². The topological polar surface area (TPSA) is 59.5 Å². The van der Waals surface area contributed by atoms with Crippen molar-refractivity contribution in [3.63, 3.8) is 0 Å². The molecule has 0 spiro atoms. The van der Waals surface area contributed by atoms with Crippen LogP contribution in [0.15, 0.2) is 12.3 Å². The zero-order valence-electron chi connectivity index (χ0n) is 14.2. The lowest BCUT2D eigenvalue weighted by atomic mass is 9.98. The van der Waals surface area contributed by atoms with E-state index < -0.39 is 0 Å². The molecule has 3 rings (SSSR count). The van der Waals surface area contributed by atoms with E-state index in [1.807, 2.05) is 12.3 Å². The first-order chi connectivity index (χ1) is 11.2. The summed E-state index contributed by atoms with van der Waals surface area (Å²) in [5.74, 6) is 2.46. The lowest BCUT2D eigenvalue weighted by Gasteiger charge is -2.37. The van der Waals surface area contributed by atoms with E-state index in [4.69, 9.17) is 14.5 Å². The monoisotopic (exact) mass is 320 g/mol. The zero-order valence-corrected chi connectivity index (χ0v) is 14.2. The molecule has 6 heteroatoms. The fraction of sp³-hybridized carbons (Fsp3) is 0.765. The summed E-state index contributed by atoms with van der Waals surface area (Å²) in [4.78, 5) is 11.7. The van der Waals surface area contributed by atoms with Gasteiger partial charge in [0.05, 0.1) is 19.3 Å². The summed E-state index contributed by atoms with van der Waals surface area (Å²) in [6.07, 6.45) is 4.15. The second-order valence-corrected chi connectivity index (χ2v) is 6.74. The maximum atomic E-state index is 5.71. The van der Waals surface area contributed by atoms with E-state index in [2.05, 4.69) is 29.0 Å². The van der Waals surface area contributed by atoms with Crippen molar-refractivity contribution in [2.24, 2.45) is 5.92 Å². The van der Waals surface area contributed by atoms with Crippen molar-refractivity contribution in [3.05, 3.63) is 18.1 Å². The quantitative estimate of drug-likeness (QED) is 0.896. The van der Waals surface area contributed by atoms with Crippen LogP contribution in [0.25, 0.3) is 0 Å². The standard InChI is InChI=1S/C17H28N4O2/c1-13(2)19-16-3-6-18-17(20-16)15-12-23-10-7-21(15)11-14-4-8-22-9-5-14/h3,6,13-15H,4-5,7-12H2,1-2H3,(H,18,19,20)/t15-/m0/s1. The molecular weight excluding hydrogens is 292 g/mol. The SMILES string of the molecule is CC(C)Nc1ccnc([C@@H]2COCCN2CC2CCOCC2)n1. The van der Waals surface area contributed by atoms with Crippen LogP contribution in [-0.2, 0) is 9.47 Å². The number of rotatable bonds is 5. The Kier molecular flexibility index (Phi) is 5.80. The first kappa shape index (κ1) is 16.6. The van der Waals surface area contributed by atoms with Crippen LogP contribution in [0, 0.1) is 5.92 Å². The van der Waals surface area contributed by atoms with Gasteiger partial charge < -0.3 is 14.8 Å². The molecule has 0 bridgehead atoms. The van der Waals surface area contributed by atoms with Gasteiger partial charge in [-0.15, -0.1) is 0 Å². The average molecular weight is 320 g/mol. The molecule has 1 aromatic heterocycles. The van der Waals surface area contributed by atoms with Crippen LogP contribution in [0.5, 0.6) is 0 Å². The van der Waals surface area contributed by atoms with Gasteiger partial charge in [0.15, 0.2) is 0 Å². The van der Waals surface area contributed by atoms with Gasteiger partial charge in [0.25, 0.3) is 0 Å². The first-order valence-corrected chi connectivity index (χ1v) is 8.71. The highest BCUT2D eigenvalue weighted by Gasteiger charge is 2.29. The molecule has 1 aromatic rings. The summed E-state index contributed by atoms with van der Waals surface area (Å²) in [7, 11) is 0. The van der Waals surface area contributed by atoms with Gasteiger partial charge in [-0.05, 0) is 38.7 Å². The fourth-order valence-corrected chi connectivity index (χ4v) is 3.27. The largest absolute Gasteiger partial charge is 0.381 e. The molecule has 0 aromatic carbocycles. The van der Waals surface area contributed by atoms with E-state index >= 15 is 0 Å². The van der Waals surface area contributed by atoms with E-state index in [1.54, 1.807) is 0 Å². The predicted molar refractivity (Wildman–Crippen MR) is 89.5 cm³/mol. The Balaban J connectivity index is 1.70. The minimum absolute atomic E-state index is 0.153. The highest BCUT2D eigenvalue weighted by atomic mass is 16.5. The number of morpholine rings is 1. The molecule has 2 fully saturated rings. The van der Waals surface area contributed by atoms with E-state index in [1.165, 1.54) is 0 Å². The summed E-state index contributed by atoms with van der Waals surface area (Å²) >= 11 is 0. The third-order valence-electron chi connectivity index (χ3n) is 4.48. The number of anilines is 1. The Hall–Kier alpha value is -1.24. The van der Waals surface area contributed by atoms with Gasteiger partial charge in [0.1, 0.15) is 11.6 Å². The molecule has 3 heterocycles. The summed E-state index contributed by atoms with van der Waals surface area (Å²) < 4.78 is 11.2. The molecule has 2 aliphatic rings. The number of aromatic nitrogens is 2. The molecule has 23 heavy (non-hydrogen) atoms. The van der Waals surface area contributed by atoms with Gasteiger partial charge in [-0.2, -0.15) is 0 Å². The van der Waals surface area contributed by atoms with Crippen LogP contribution in [0.1, 0.15) is 38.6 Å². The van der Waals surface area contributed by atoms with Gasteiger partial charge in [-0.1, -0.05) is 0 Å². The number of nitrogens with one attached hydrogen (secondary N) is 1. The summed E-state index contributed by atoms with van der Waals surface area (Å²) in [5, 5.41) is 3.35. The predicted octanol–water partition coefficient (Wildman–Crippen LogP) is 2.10. The van der Waals surface area contributed by atoms with Crippen molar-refractivity contribution in [2.45, 2.75) is 38.8 Å². The van der Waals surface area contributed by atoms with Gasteiger partial charge in [-0.25, -0.2) is 9.97 Å². The highest BCUT2D eigenvalue weighted by molar-refractivity contribution is 5.34. The normalized spacial score (nSPS) is 24.0. The molecule has 0 amide bonds. The molecule has 6 nitrogen and oxygen atoms in total. The molecule has 128 valence electrons. The van der Waals surface area contributed by atoms with Crippen molar-refractivity contribution in [2.75, 3.05) is 44.8 Å². The minimum atomic E-state index is 0.153. The van der Waals surface area contributed by atoms with Crippen molar-refractivity contribution >= 4 is 5.82 Å². The molecule has 0 unspecified atom stereocenters. The number of hydrogen-bond acceptors (Lipinski definition) is 6. The smallest absolute Gasteiger partial charge is 0.150 e. The molecule has 0 saturated carbocycles. The Bertz CT molecular complexity index is 491. The third-order valence-corrected chi connectivity index (χ3v) is 4.48. The second-order valence-electron chi connectivity index (χ2n) is 6.74. The van der Waals surface area contributed by atoms with Crippen molar-refractivity contribution in [1.29, 1.82) is 0 Å². The molecule has 0 aliphatic carbocycles. The first-order valence-electron chi connectivity index (χ1n) is 8.71. The average Bonchev–Trinajstić information content (AvgIpc) is 2.56. The highest BCUT2D eigenvalue weighted by Crippen LogP contribution is 2.26. The summed E-state index contributed by atoms with van der Waals surface area (Å²) in [6, 6.07) is 2.44. The summed E-state index contributed by atoms with van der Waals surface area (Å²) in [6.45, 7) is 9.52. The number of nitrogens with zero attached hydrogens (tertiary/aromatic N) is 3.